The van der Waals surface area contributed by atoms with Crippen molar-refractivity contribution in [3.63, 3.8) is 0 Å². The van der Waals surface area contributed by atoms with Crippen molar-refractivity contribution in [3.8, 4) is 10.7 Å². The predicted molar refractivity (Wildman–Crippen MR) is 95.6 cm³/mol. The Kier molecular flexibility index (Phi) is 4.60. The Morgan fingerprint density at radius 2 is 2.12 bits per heavy atom. The molecule has 1 N–H and O–H groups in total. The van der Waals surface area contributed by atoms with Gasteiger partial charge in [-0.3, -0.25) is 14.9 Å². The molecule has 0 aliphatic carbocycles. The second-order valence-corrected chi connectivity index (χ2v) is 6.94. The average Bonchev–Trinajstić information content (AvgIpc) is 3.12. The smallest absolute Gasteiger partial charge is 0.142 e. The lowest BCUT2D eigenvalue weighted by Crippen LogP contribution is -2.45. The largest absolute Gasteiger partial charge is 0.314 e. The first-order chi connectivity index (χ1) is 11.9. The molecular formula is C18H19N5S. The van der Waals surface area contributed by atoms with Crippen LogP contribution in [0.4, 0.5) is 0 Å². The molecule has 4 heterocycles. The highest BCUT2D eigenvalue weighted by atomic mass is 32.1. The van der Waals surface area contributed by atoms with Gasteiger partial charge in [-0.2, -0.15) is 0 Å². The summed E-state index contributed by atoms with van der Waals surface area (Å²) in [5.41, 5.74) is 2.21. The Labute approximate surface area is 145 Å². The van der Waals surface area contributed by atoms with E-state index in [0.29, 0.717) is 6.04 Å². The summed E-state index contributed by atoms with van der Waals surface area (Å²) < 4.78 is 0. The van der Waals surface area contributed by atoms with Crippen molar-refractivity contribution < 1.29 is 0 Å². The third-order valence-electron chi connectivity index (χ3n) is 4.22. The number of hydrogen-bond acceptors (Lipinski definition) is 6. The summed E-state index contributed by atoms with van der Waals surface area (Å²) in [6.07, 6.45) is 7.59. The third kappa shape index (κ3) is 3.36. The minimum atomic E-state index is 0.354. The van der Waals surface area contributed by atoms with Gasteiger partial charge < -0.3 is 5.32 Å². The minimum Gasteiger partial charge on any atom is -0.314 e. The highest BCUT2D eigenvalue weighted by Gasteiger charge is 2.24. The van der Waals surface area contributed by atoms with Gasteiger partial charge in [0.15, 0.2) is 0 Å². The van der Waals surface area contributed by atoms with Crippen molar-refractivity contribution >= 4 is 11.3 Å². The van der Waals surface area contributed by atoms with Crippen LogP contribution in [0, 0.1) is 0 Å². The predicted octanol–water partition coefficient (Wildman–Crippen LogP) is 2.75. The minimum absolute atomic E-state index is 0.354. The maximum atomic E-state index is 4.55. The van der Waals surface area contributed by atoms with Gasteiger partial charge in [0.25, 0.3) is 0 Å². The fraction of sp³-hybridized carbons (Fsp3) is 0.278. The van der Waals surface area contributed by atoms with Crippen LogP contribution in [0.1, 0.15) is 16.5 Å². The standard InChI is InChI=1S/C18H19N5S/c1-2-7-21-16(5-1)18-22-11-15(24-18)13-23-9-8-20-12-17(23)14-4-3-6-19-10-14/h1-7,10-11,17,20H,8-9,12-13H2. The van der Waals surface area contributed by atoms with E-state index in [1.54, 1.807) is 11.3 Å². The van der Waals surface area contributed by atoms with Crippen molar-refractivity contribution in [2.24, 2.45) is 0 Å². The van der Waals surface area contributed by atoms with Crippen LogP contribution in [0.5, 0.6) is 0 Å². The molecule has 1 aliphatic heterocycles. The molecule has 122 valence electrons. The van der Waals surface area contributed by atoms with Gasteiger partial charge in [-0.1, -0.05) is 12.1 Å². The summed E-state index contributed by atoms with van der Waals surface area (Å²) in [4.78, 5) is 17.0. The summed E-state index contributed by atoms with van der Waals surface area (Å²) in [5.74, 6) is 0. The maximum absolute atomic E-state index is 4.55. The molecule has 1 unspecified atom stereocenters. The zero-order chi connectivity index (χ0) is 16.2. The van der Waals surface area contributed by atoms with Crippen LogP contribution >= 0.6 is 11.3 Å². The molecule has 3 aromatic heterocycles. The van der Waals surface area contributed by atoms with Gasteiger partial charge in [0.05, 0.1) is 5.69 Å². The fourth-order valence-corrected chi connectivity index (χ4v) is 3.94. The second kappa shape index (κ2) is 7.17. The lowest BCUT2D eigenvalue weighted by molar-refractivity contribution is 0.155. The van der Waals surface area contributed by atoms with Gasteiger partial charge in [-0.25, -0.2) is 4.98 Å². The Morgan fingerprint density at radius 3 is 2.96 bits per heavy atom. The number of thiazole rings is 1. The van der Waals surface area contributed by atoms with Crippen LogP contribution in [0.25, 0.3) is 10.7 Å². The molecule has 3 aromatic rings. The maximum Gasteiger partial charge on any atom is 0.142 e. The average molecular weight is 337 g/mol. The van der Waals surface area contributed by atoms with E-state index in [4.69, 9.17) is 0 Å². The highest BCUT2D eigenvalue weighted by molar-refractivity contribution is 7.14. The highest BCUT2D eigenvalue weighted by Crippen LogP contribution is 2.28. The van der Waals surface area contributed by atoms with Crippen molar-refractivity contribution in [2.75, 3.05) is 19.6 Å². The lowest BCUT2D eigenvalue weighted by Gasteiger charge is -2.35. The van der Waals surface area contributed by atoms with Crippen LogP contribution in [0.2, 0.25) is 0 Å². The zero-order valence-corrected chi connectivity index (χ0v) is 14.1. The Morgan fingerprint density at radius 1 is 1.12 bits per heavy atom. The van der Waals surface area contributed by atoms with E-state index in [1.807, 2.05) is 49.1 Å². The molecular weight excluding hydrogens is 318 g/mol. The van der Waals surface area contributed by atoms with E-state index in [-0.39, 0.29) is 0 Å². The van der Waals surface area contributed by atoms with E-state index in [0.717, 1.165) is 36.9 Å². The van der Waals surface area contributed by atoms with Crippen LogP contribution in [-0.4, -0.2) is 39.5 Å². The zero-order valence-electron chi connectivity index (χ0n) is 13.3. The Hall–Kier alpha value is -2.15. The van der Waals surface area contributed by atoms with E-state index in [1.165, 1.54) is 10.4 Å². The summed E-state index contributed by atoms with van der Waals surface area (Å²) in [6, 6.07) is 10.5. The molecule has 1 fully saturated rings. The van der Waals surface area contributed by atoms with Crippen molar-refractivity contribution in [3.05, 3.63) is 65.6 Å². The van der Waals surface area contributed by atoms with Gasteiger partial charge in [0.1, 0.15) is 5.01 Å². The Bertz CT molecular complexity index is 774. The number of nitrogens with zero attached hydrogens (tertiary/aromatic N) is 4. The number of piperazine rings is 1. The fourth-order valence-electron chi connectivity index (χ4n) is 3.03. The van der Waals surface area contributed by atoms with Crippen LogP contribution in [-0.2, 0) is 6.54 Å². The van der Waals surface area contributed by atoms with Crippen molar-refractivity contribution in [1.82, 2.24) is 25.2 Å². The van der Waals surface area contributed by atoms with E-state index >= 15 is 0 Å². The normalized spacial score (nSPS) is 18.6. The number of rotatable bonds is 4. The number of hydrogen-bond donors (Lipinski definition) is 1. The molecule has 0 radical (unpaired) electrons. The van der Waals surface area contributed by atoms with Crippen molar-refractivity contribution in [2.45, 2.75) is 12.6 Å². The molecule has 0 bridgehead atoms. The molecule has 4 rings (SSSR count). The van der Waals surface area contributed by atoms with Gasteiger partial charge in [-0.05, 0) is 23.8 Å². The molecule has 0 amide bonds. The number of nitrogens with one attached hydrogen (secondary N) is 1. The van der Waals surface area contributed by atoms with Crippen LogP contribution in [0.15, 0.2) is 55.1 Å². The molecule has 6 heteroatoms. The van der Waals surface area contributed by atoms with E-state index in [9.17, 15) is 0 Å². The SMILES string of the molecule is c1ccc(-c2ncc(CN3CCNCC3c3cccnc3)s2)nc1. The number of pyridine rings is 2. The summed E-state index contributed by atoms with van der Waals surface area (Å²) >= 11 is 1.73. The molecule has 0 aromatic carbocycles. The van der Waals surface area contributed by atoms with Crippen molar-refractivity contribution in [1.29, 1.82) is 0 Å². The molecule has 1 saturated heterocycles. The topological polar surface area (TPSA) is 53.9 Å². The summed E-state index contributed by atoms with van der Waals surface area (Å²) in [7, 11) is 0. The lowest BCUT2D eigenvalue weighted by atomic mass is 10.1. The van der Waals surface area contributed by atoms with E-state index < -0.39 is 0 Å². The Balaban J connectivity index is 1.52. The van der Waals surface area contributed by atoms with Gasteiger partial charge >= 0.3 is 0 Å². The molecule has 0 saturated carbocycles. The molecule has 1 atom stereocenters. The van der Waals surface area contributed by atoms with Gasteiger partial charge in [0.2, 0.25) is 0 Å². The van der Waals surface area contributed by atoms with Crippen LogP contribution in [0.3, 0.4) is 0 Å². The third-order valence-corrected chi connectivity index (χ3v) is 5.22. The van der Waals surface area contributed by atoms with Gasteiger partial charge in [-0.15, -0.1) is 11.3 Å². The first kappa shape index (κ1) is 15.4. The second-order valence-electron chi connectivity index (χ2n) is 5.82. The quantitative estimate of drug-likeness (QED) is 0.793. The first-order valence-electron chi connectivity index (χ1n) is 8.11. The number of aromatic nitrogens is 3. The molecule has 24 heavy (non-hydrogen) atoms. The monoisotopic (exact) mass is 337 g/mol. The molecule has 0 spiro atoms. The summed E-state index contributed by atoms with van der Waals surface area (Å²) in [6.45, 7) is 3.91. The molecule has 1 aliphatic rings. The van der Waals surface area contributed by atoms with E-state index in [2.05, 4.69) is 31.2 Å². The van der Waals surface area contributed by atoms with Crippen LogP contribution < -0.4 is 5.32 Å². The first-order valence-corrected chi connectivity index (χ1v) is 8.92. The van der Waals surface area contributed by atoms with Gasteiger partial charge in [0, 0.05) is 61.9 Å². The summed E-state index contributed by atoms with van der Waals surface area (Å²) in [5, 5.41) is 4.47. The molecule has 5 nitrogen and oxygen atoms in total.